The molecule has 1 aliphatic carbocycles. The van der Waals surface area contributed by atoms with Gasteiger partial charge in [-0.15, -0.1) is 0 Å². The molecule has 1 atom stereocenters. The van der Waals surface area contributed by atoms with E-state index in [1.165, 1.54) is 0 Å². The molecular formula is C13H22N4S. The zero-order chi connectivity index (χ0) is 13.3. The number of hydrogen-bond donors (Lipinski definition) is 2. The van der Waals surface area contributed by atoms with Crippen molar-refractivity contribution in [3.05, 3.63) is 24.3 Å². The van der Waals surface area contributed by atoms with E-state index in [1.54, 1.807) is 0 Å². The Bertz CT molecular complexity index is 347. The van der Waals surface area contributed by atoms with Crippen molar-refractivity contribution in [2.24, 2.45) is 10.7 Å². The third kappa shape index (κ3) is 5.21. The van der Waals surface area contributed by atoms with E-state index >= 15 is 0 Å². The zero-order valence-electron chi connectivity index (χ0n) is 10.9. The Kier molecular flexibility index (Phi) is 7.01. The summed E-state index contributed by atoms with van der Waals surface area (Å²) in [6.07, 6.45) is 9.18. The molecule has 0 heterocycles. The van der Waals surface area contributed by atoms with Gasteiger partial charge in [-0.2, -0.15) is 0 Å². The molecule has 18 heavy (non-hydrogen) atoms. The smallest absolute Gasteiger partial charge is 0.105 e. The molecule has 4 nitrogen and oxygen atoms in total. The topological polar surface area (TPSA) is 53.6 Å². The second-order valence-electron chi connectivity index (χ2n) is 4.57. The first-order valence-electron chi connectivity index (χ1n) is 6.25. The van der Waals surface area contributed by atoms with Gasteiger partial charge in [-0.3, -0.25) is 0 Å². The average Bonchev–Trinajstić information content (AvgIpc) is 2.36. The molecular weight excluding hydrogens is 244 g/mol. The normalized spacial score (nSPS) is 22.2. The van der Waals surface area contributed by atoms with E-state index in [0.29, 0.717) is 6.54 Å². The van der Waals surface area contributed by atoms with Gasteiger partial charge >= 0.3 is 0 Å². The molecule has 100 valence electrons. The van der Waals surface area contributed by atoms with Crippen molar-refractivity contribution in [1.29, 1.82) is 0 Å². The fourth-order valence-corrected chi connectivity index (χ4v) is 2.21. The number of thiocarbonyl (C=S) groups is 1. The van der Waals surface area contributed by atoms with Gasteiger partial charge in [0.25, 0.3) is 0 Å². The molecule has 3 N–H and O–H groups in total. The SMILES string of the molecule is CN(CCNCCN)CC1(N=C=S)C=CC=CC1. The summed E-state index contributed by atoms with van der Waals surface area (Å²) < 4.78 is 0. The molecule has 1 unspecified atom stereocenters. The molecule has 0 bridgehead atoms. The minimum Gasteiger partial charge on any atom is -0.329 e. The quantitative estimate of drug-likeness (QED) is 0.388. The van der Waals surface area contributed by atoms with Gasteiger partial charge in [-0.05, 0) is 25.7 Å². The average molecular weight is 266 g/mol. The Morgan fingerprint density at radius 3 is 2.94 bits per heavy atom. The van der Waals surface area contributed by atoms with Gasteiger partial charge in [0.2, 0.25) is 0 Å². The van der Waals surface area contributed by atoms with Gasteiger partial charge in [0.1, 0.15) is 5.54 Å². The Morgan fingerprint density at radius 2 is 2.33 bits per heavy atom. The predicted molar refractivity (Wildman–Crippen MR) is 80.1 cm³/mol. The van der Waals surface area contributed by atoms with Gasteiger partial charge in [0, 0.05) is 32.7 Å². The number of nitrogens with one attached hydrogen (secondary N) is 1. The summed E-state index contributed by atoms with van der Waals surface area (Å²) in [5, 5.41) is 5.81. The largest absolute Gasteiger partial charge is 0.329 e. The summed E-state index contributed by atoms with van der Waals surface area (Å²) in [7, 11) is 2.09. The lowest BCUT2D eigenvalue weighted by Crippen LogP contribution is -2.41. The summed E-state index contributed by atoms with van der Waals surface area (Å²) >= 11 is 4.76. The van der Waals surface area contributed by atoms with Crippen LogP contribution in [0.2, 0.25) is 0 Å². The lowest BCUT2D eigenvalue weighted by atomic mass is 9.91. The molecule has 0 aliphatic heterocycles. The number of nitrogens with two attached hydrogens (primary N) is 1. The van der Waals surface area contributed by atoms with Crippen LogP contribution >= 0.6 is 12.2 Å². The summed E-state index contributed by atoms with van der Waals surface area (Å²) in [6.45, 7) is 4.29. The highest BCUT2D eigenvalue weighted by molar-refractivity contribution is 7.78. The fourth-order valence-electron chi connectivity index (χ4n) is 2.02. The van der Waals surface area contributed by atoms with Crippen molar-refractivity contribution in [2.45, 2.75) is 12.0 Å². The molecule has 1 aliphatic rings. The maximum Gasteiger partial charge on any atom is 0.105 e. The van der Waals surface area contributed by atoms with Gasteiger partial charge in [0.15, 0.2) is 0 Å². The van der Waals surface area contributed by atoms with E-state index in [1.807, 2.05) is 12.2 Å². The Morgan fingerprint density at radius 1 is 1.50 bits per heavy atom. The second-order valence-corrected chi connectivity index (χ2v) is 4.76. The Hall–Kier alpha value is -0.840. The van der Waals surface area contributed by atoms with Crippen molar-refractivity contribution < 1.29 is 0 Å². The van der Waals surface area contributed by atoms with E-state index in [9.17, 15) is 0 Å². The van der Waals surface area contributed by atoms with E-state index in [0.717, 1.165) is 32.6 Å². The third-order valence-electron chi connectivity index (χ3n) is 2.93. The molecule has 5 heteroatoms. The van der Waals surface area contributed by atoms with E-state index < -0.39 is 0 Å². The number of nitrogens with zero attached hydrogens (tertiary/aromatic N) is 2. The predicted octanol–water partition coefficient (Wildman–Crippen LogP) is 0.824. The maximum atomic E-state index is 5.43. The highest BCUT2D eigenvalue weighted by Gasteiger charge is 2.27. The van der Waals surface area contributed by atoms with Crippen LogP contribution in [0.25, 0.3) is 0 Å². The van der Waals surface area contributed by atoms with E-state index in [2.05, 4.69) is 39.6 Å². The molecule has 0 aromatic heterocycles. The van der Waals surface area contributed by atoms with Crippen LogP contribution in [-0.4, -0.2) is 55.4 Å². The molecule has 0 radical (unpaired) electrons. The van der Waals surface area contributed by atoms with Crippen LogP contribution < -0.4 is 11.1 Å². The Balaban J connectivity index is 2.44. The van der Waals surface area contributed by atoms with Crippen LogP contribution in [-0.2, 0) is 0 Å². The molecule has 0 aromatic carbocycles. The molecule has 0 fully saturated rings. The molecule has 0 aromatic rings. The first-order valence-corrected chi connectivity index (χ1v) is 6.66. The van der Waals surface area contributed by atoms with Crippen molar-refractivity contribution >= 4 is 17.4 Å². The van der Waals surface area contributed by atoms with Crippen molar-refractivity contribution in [3.63, 3.8) is 0 Å². The fraction of sp³-hybridized carbons (Fsp3) is 0.615. The summed E-state index contributed by atoms with van der Waals surface area (Å²) in [6, 6.07) is 0. The van der Waals surface area contributed by atoms with E-state index in [4.69, 9.17) is 18.0 Å². The number of rotatable bonds is 8. The zero-order valence-corrected chi connectivity index (χ0v) is 11.7. The van der Waals surface area contributed by atoms with E-state index in [-0.39, 0.29) is 5.54 Å². The molecule has 0 amide bonds. The van der Waals surface area contributed by atoms with Gasteiger partial charge in [0.05, 0.1) is 5.16 Å². The van der Waals surface area contributed by atoms with Gasteiger partial charge < -0.3 is 16.0 Å². The summed E-state index contributed by atoms with van der Waals surface area (Å²) in [5.74, 6) is 0. The first-order chi connectivity index (χ1) is 8.72. The molecule has 0 saturated carbocycles. The second kappa shape index (κ2) is 8.29. The van der Waals surface area contributed by atoms with Gasteiger partial charge in [-0.1, -0.05) is 24.3 Å². The van der Waals surface area contributed by atoms with Crippen molar-refractivity contribution in [2.75, 3.05) is 39.8 Å². The first kappa shape index (κ1) is 15.2. The highest BCUT2D eigenvalue weighted by atomic mass is 32.1. The maximum absolute atomic E-state index is 5.43. The molecule has 0 spiro atoms. The van der Waals surface area contributed by atoms with Crippen molar-refractivity contribution in [3.8, 4) is 0 Å². The van der Waals surface area contributed by atoms with Crippen LogP contribution in [0.15, 0.2) is 29.3 Å². The lowest BCUT2D eigenvalue weighted by molar-refractivity contribution is 0.277. The number of allylic oxidation sites excluding steroid dienone is 2. The monoisotopic (exact) mass is 266 g/mol. The molecule has 0 saturated heterocycles. The number of hydrogen-bond acceptors (Lipinski definition) is 5. The highest BCUT2D eigenvalue weighted by Crippen LogP contribution is 2.23. The van der Waals surface area contributed by atoms with Crippen LogP contribution in [0.5, 0.6) is 0 Å². The minimum absolute atomic E-state index is 0.237. The van der Waals surface area contributed by atoms with Crippen LogP contribution in [0.1, 0.15) is 6.42 Å². The standard InChI is InChI=1S/C13H22N4S/c1-17(10-9-15-8-7-14)11-13(16-12-18)5-3-2-4-6-13/h2-5,15H,6-11,14H2,1H3. The van der Waals surface area contributed by atoms with Crippen molar-refractivity contribution in [1.82, 2.24) is 10.2 Å². The number of likely N-dealkylation sites (N-methyl/N-ethyl adjacent to an activating group) is 1. The third-order valence-corrected chi connectivity index (χ3v) is 3.02. The Labute approximate surface area is 115 Å². The van der Waals surface area contributed by atoms with Crippen LogP contribution in [0.3, 0.4) is 0 Å². The van der Waals surface area contributed by atoms with Crippen LogP contribution in [0, 0.1) is 0 Å². The summed E-state index contributed by atoms with van der Waals surface area (Å²) in [5.41, 5.74) is 5.19. The number of aliphatic imine (C=N–C) groups is 1. The summed E-state index contributed by atoms with van der Waals surface area (Å²) in [4.78, 5) is 6.60. The van der Waals surface area contributed by atoms with Crippen LogP contribution in [0.4, 0.5) is 0 Å². The molecule has 1 rings (SSSR count). The number of isothiocyanates is 1. The van der Waals surface area contributed by atoms with Gasteiger partial charge in [-0.25, -0.2) is 4.99 Å². The lowest BCUT2D eigenvalue weighted by Gasteiger charge is -2.30. The minimum atomic E-state index is -0.237.